The summed E-state index contributed by atoms with van der Waals surface area (Å²) in [6.07, 6.45) is 1.97. The van der Waals surface area contributed by atoms with Gasteiger partial charge >= 0.3 is 0 Å². The first kappa shape index (κ1) is 17.6. The van der Waals surface area contributed by atoms with Crippen LogP contribution in [0.4, 0.5) is 11.4 Å². The molecule has 28 heavy (non-hydrogen) atoms. The zero-order chi connectivity index (χ0) is 19.5. The topological polar surface area (TPSA) is 82.2 Å². The van der Waals surface area contributed by atoms with Gasteiger partial charge in [0.25, 0.3) is 5.91 Å². The average Bonchev–Trinajstić information content (AvgIpc) is 3.12. The largest absolute Gasteiger partial charge is 0.496 e. The first-order chi connectivity index (χ1) is 13.6. The molecule has 0 radical (unpaired) electrons. The molecule has 0 fully saturated rings. The second-order valence-electron chi connectivity index (χ2n) is 6.46. The van der Waals surface area contributed by atoms with Crippen molar-refractivity contribution in [2.45, 2.75) is 6.54 Å². The highest BCUT2D eigenvalue weighted by molar-refractivity contribution is 6.05. The van der Waals surface area contributed by atoms with Crippen molar-refractivity contribution in [3.63, 3.8) is 0 Å². The van der Waals surface area contributed by atoms with E-state index in [-0.39, 0.29) is 5.91 Å². The van der Waals surface area contributed by atoms with E-state index in [1.54, 1.807) is 31.4 Å². The molecule has 1 heterocycles. The number of nitrogens with two attached hydrogens (primary N) is 1. The van der Waals surface area contributed by atoms with Crippen molar-refractivity contribution in [1.29, 1.82) is 0 Å². The standard InChI is InChI=1S/C22H20N4O2/c1-28-21-8-4-7-19-17(21)14-26(25-19)13-15-9-11-16(12-10-15)22(27)24-20-6-3-2-5-18(20)23/h2-12,14H,13,23H2,1H3,(H,24,27). The monoisotopic (exact) mass is 372 g/mol. The third-order valence-corrected chi connectivity index (χ3v) is 4.55. The number of nitrogens with zero attached hydrogens (tertiary/aromatic N) is 2. The van der Waals surface area contributed by atoms with E-state index in [9.17, 15) is 4.79 Å². The molecular formula is C22H20N4O2. The normalized spacial score (nSPS) is 10.8. The molecular weight excluding hydrogens is 352 g/mol. The van der Waals surface area contributed by atoms with E-state index < -0.39 is 0 Å². The minimum atomic E-state index is -0.195. The Kier molecular flexibility index (Phi) is 4.68. The Bertz CT molecular complexity index is 1130. The van der Waals surface area contributed by atoms with Crippen LogP contribution >= 0.6 is 0 Å². The molecule has 0 saturated carbocycles. The number of fused-ring (bicyclic) bond motifs is 1. The number of nitrogen functional groups attached to an aromatic ring is 1. The van der Waals surface area contributed by atoms with Crippen molar-refractivity contribution < 1.29 is 9.53 Å². The van der Waals surface area contributed by atoms with Crippen LogP contribution in [0.15, 0.2) is 72.9 Å². The van der Waals surface area contributed by atoms with E-state index in [1.807, 2.05) is 53.3 Å². The van der Waals surface area contributed by atoms with Gasteiger partial charge in [0.1, 0.15) is 5.75 Å². The van der Waals surface area contributed by atoms with E-state index in [2.05, 4.69) is 10.4 Å². The first-order valence-corrected chi connectivity index (χ1v) is 8.89. The maximum absolute atomic E-state index is 12.4. The molecule has 0 saturated heterocycles. The Morgan fingerprint density at radius 3 is 2.61 bits per heavy atom. The van der Waals surface area contributed by atoms with Crippen LogP contribution in [0, 0.1) is 0 Å². The van der Waals surface area contributed by atoms with Gasteiger partial charge in [0.05, 0.1) is 35.9 Å². The lowest BCUT2D eigenvalue weighted by molar-refractivity contribution is 0.102. The summed E-state index contributed by atoms with van der Waals surface area (Å²) >= 11 is 0. The second kappa shape index (κ2) is 7.44. The zero-order valence-electron chi connectivity index (χ0n) is 15.4. The van der Waals surface area contributed by atoms with E-state index in [0.717, 1.165) is 22.2 Å². The van der Waals surface area contributed by atoms with Gasteiger partial charge in [0.15, 0.2) is 0 Å². The van der Waals surface area contributed by atoms with E-state index in [1.165, 1.54) is 0 Å². The van der Waals surface area contributed by atoms with Crippen molar-refractivity contribution in [3.05, 3.63) is 84.1 Å². The Balaban J connectivity index is 1.49. The molecule has 6 nitrogen and oxygen atoms in total. The van der Waals surface area contributed by atoms with Gasteiger partial charge in [-0.2, -0.15) is 5.10 Å². The number of anilines is 2. The summed E-state index contributed by atoms with van der Waals surface area (Å²) in [5.41, 5.74) is 9.52. The number of rotatable bonds is 5. The van der Waals surface area contributed by atoms with Gasteiger partial charge in [-0.1, -0.05) is 30.3 Å². The van der Waals surface area contributed by atoms with Crippen molar-refractivity contribution >= 4 is 28.2 Å². The number of benzene rings is 3. The van der Waals surface area contributed by atoms with E-state index >= 15 is 0 Å². The highest BCUT2D eigenvalue weighted by Gasteiger charge is 2.09. The lowest BCUT2D eigenvalue weighted by Gasteiger charge is -2.08. The number of nitrogens with one attached hydrogen (secondary N) is 1. The van der Waals surface area contributed by atoms with E-state index in [4.69, 9.17) is 10.5 Å². The summed E-state index contributed by atoms with van der Waals surface area (Å²) in [5, 5.41) is 8.39. The van der Waals surface area contributed by atoms with Crippen LogP contribution in [0.2, 0.25) is 0 Å². The Morgan fingerprint density at radius 2 is 1.86 bits per heavy atom. The van der Waals surface area contributed by atoms with Crippen LogP contribution in [-0.4, -0.2) is 22.8 Å². The van der Waals surface area contributed by atoms with Gasteiger partial charge in [-0.3, -0.25) is 9.48 Å². The van der Waals surface area contributed by atoms with Crippen molar-refractivity contribution in [2.75, 3.05) is 18.2 Å². The van der Waals surface area contributed by atoms with Crippen LogP contribution < -0.4 is 15.8 Å². The molecule has 1 aromatic heterocycles. The van der Waals surface area contributed by atoms with Crippen molar-refractivity contribution in [2.24, 2.45) is 0 Å². The first-order valence-electron chi connectivity index (χ1n) is 8.89. The molecule has 4 aromatic rings. The van der Waals surface area contributed by atoms with E-state index in [0.29, 0.717) is 23.5 Å². The highest BCUT2D eigenvalue weighted by atomic mass is 16.5. The number of carbonyl (C=O) groups excluding carboxylic acids is 1. The minimum absolute atomic E-state index is 0.195. The highest BCUT2D eigenvalue weighted by Crippen LogP contribution is 2.24. The van der Waals surface area contributed by atoms with Crippen LogP contribution in [0.25, 0.3) is 10.9 Å². The molecule has 0 aliphatic rings. The van der Waals surface area contributed by atoms with Crippen molar-refractivity contribution in [1.82, 2.24) is 9.78 Å². The van der Waals surface area contributed by atoms with Gasteiger partial charge in [0.2, 0.25) is 0 Å². The fourth-order valence-electron chi connectivity index (χ4n) is 3.08. The molecule has 0 aliphatic heterocycles. The predicted octanol–water partition coefficient (Wildman–Crippen LogP) is 3.93. The van der Waals surface area contributed by atoms with Gasteiger partial charge in [-0.25, -0.2) is 0 Å². The summed E-state index contributed by atoms with van der Waals surface area (Å²) < 4.78 is 7.25. The number of ether oxygens (including phenoxy) is 1. The molecule has 0 spiro atoms. The van der Waals surface area contributed by atoms with Gasteiger partial charge in [-0.15, -0.1) is 0 Å². The summed E-state index contributed by atoms with van der Waals surface area (Å²) in [6.45, 7) is 0.603. The smallest absolute Gasteiger partial charge is 0.255 e. The van der Waals surface area contributed by atoms with Gasteiger partial charge < -0.3 is 15.8 Å². The van der Waals surface area contributed by atoms with Crippen LogP contribution in [0.1, 0.15) is 15.9 Å². The second-order valence-corrected chi connectivity index (χ2v) is 6.46. The van der Waals surface area contributed by atoms with Crippen molar-refractivity contribution in [3.8, 4) is 5.75 Å². The molecule has 0 unspecified atom stereocenters. The van der Waals surface area contributed by atoms with Crippen LogP contribution in [0.3, 0.4) is 0 Å². The SMILES string of the molecule is COc1cccc2nn(Cc3ccc(C(=O)Nc4ccccc4N)cc3)cc12. The predicted molar refractivity (Wildman–Crippen MR) is 111 cm³/mol. The maximum Gasteiger partial charge on any atom is 0.255 e. The fourth-order valence-corrected chi connectivity index (χ4v) is 3.08. The summed E-state index contributed by atoms with van der Waals surface area (Å²) in [5.74, 6) is 0.606. The minimum Gasteiger partial charge on any atom is -0.496 e. The van der Waals surface area contributed by atoms with Crippen LogP contribution in [0.5, 0.6) is 5.75 Å². The molecule has 6 heteroatoms. The number of hydrogen-bond donors (Lipinski definition) is 2. The number of hydrogen-bond acceptors (Lipinski definition) is 4. The van der Waals surface area contributed by atoms with Gasteiger partial charge in [-0.05, 0) is 42.0 Å². The molecule has 4 rings (SSSR count). The zero-order valence-corrected chi connectivity index (χ0v) is 15.4. The molecule has 0 aliphatic carbocycles. The number of carbonyl (C=O) groups is 1. The molecule has 3 aromatic carbocycles. The fraction of sp³-hybridized carbons (Fsp3) is 0.0909. The van der Waals surface area contributed by atoms with Gasteiger partial charge in [0, 0.05) is 11.8 Å². The summed E-state index contributed by atoms with van der Waals surface area (Å²) in [4.78, 5) is 12.4. The number of para-hydroxylation sites is 2. The maximum atomic E-state index is 12.4. The Morgan fingerprint density at radius 1 is 1.07 bits per heavy atom. The number of methoxy groups -OCH3 is 1. The average molecular weight is 372 g/mol. The summed E-state index contributed by atoms with van der Waals surface area (Å²) in [6, 6.07) is 20.4. The number of aromatic nitrogens is 2. The molecule has 0 bridgehead atoms. The molecule has 0 atom stereocenters. The quantitative estimate of drug-likeness (QED) is 0.520. The Hall–Kier alpha value is -3.80. The molecule has 1 amide bonds. The number of amides is 1. The molecule has 3 N–H and O–H groups in total. The lowest BCUT2D eigenvalue weighted by atomic mass is 10.1. The molecule has 140 valence electrons. The third kappa shape index (κ3) is 3.53. The summed E-state index contributed by atoms with van der Waals surface area (Å²) in [7, 11) is 1.65. The Labute approximate surface area is 162 Å². The van der Waals surface area contributed by atoms with Crippen LogP contribution in [-0.2, 0) is 6.54 Å². The third-order valence-electron chi connectivity index (χ3n) is 4.55. The lowest BCUT2D eigenvalue weighted by Crippen LogP contribution is -2.13.